The molecule has 3 aliphatic carbocycles. The number of Topliss-reactive ketones (excluding diaryl/α,β-unsaturated/α-hetero) is 3. The second-order valence-corrected chi connectivity index (χ2v) is 14.7. The Morgan fingerprint density at radius 1 is 1.00 bits per heavy atom. The van der Waals surface area contributed by atoms with Crippen molar-refractivity contribution < 1.29 is 44.3 Å². The number of methoxy groups -OCH3 is 2. The summed E-state index contributed by atoms with van der Waals surface area (Å²) in [6, 6.07) is 3.34. The van der Waals surface area contributed by atoms with Crippen molar-refractivity contribution in [2.24, 2.45) is 34.5 Å². The van der Waals surface area contributed by atoms with Crippen LogP contribution in [-0.4, -0.2) is 63.9 Å². The van der Waals surface area contributed by atoms with Crippen LogP contribution in [-0.2, 0) is 31.9 Å². The van der Waals surface area contributed by atoms with E-state index in [1.807, 2.05) is 26.8 Å². The number of rotatable bonds is 12. The van der Waals surface area contributed by atoms with E-state index in [4.69, 9.17) is 9.47 Å². The third kappa shape index (κ3) is 5.42. The lowest BCUT2D eigenvalue weighted by atomic mass is 9.44. The zero-order valence-electron chi connectivity index (χ0n) is 28.8. The molecule has 0 bridgehead atoms. The predicted octanol–water partition coefficient (Wildman–Crippen LogP) is 6.34. The van der Waals surface area contributed by atoms with Gasteiger partial charge < -0.3 is 29.9 Å². The highest BCUT2D eigenvalue weighted by Crippen LogP contribution is 2.65. The van der Waals surface area contributed by atoms with E-state index in [1.165, 1.54) is 6.07 Å². The number of aliphatic hydroxyl groups is 3. The van der Waals surface area contributed by atoms with Gasteiger partial charge in [-0.3, -0.25) is 14.4 Å². The van der Waals surface area contributed by atoms with Crippen molar-refractivity contribution in [3.63, 3.8) is 0 Å². The number of aromatic hydroxyl groups is 1. The van der Waals surface area contributed by atoms with Crippen molar-refractivity contribution in [2.45, 2.75) is 105 Å². The summed E-state index contributed by atoms with van der Waals surface area (Å²) in [5.41, 5.74) is -4.22. The molecule has 0 heterocycles. The van der Waals surface area contributed by atoms with Gasteiger partial charge in [-0.15, -0.1) is 0 Å². The SMILES string of the molecule is CCC(CC)CC(Cc1ccc(O)c2c1C[C@]1(C)C[C@]3(C)C(C(C)C)C(O)=C(C(C)=O)C(=O)[C@]3(O)C(O)=C1C2=O)CC(OC)OC. The molecule has 0 amide bonds. The lowest BCUT2D eigenvalue weighted by Gasteiger charge is -2.59. The van der Waals surface area contributed by atoms with Crippen LogP contribution in [0.15, 0.2) is 34.8 Å². The number of phenols is 1. The maximum absolute atomic E-state index is 14.4. The van der Waals surface area contributed by atoms with Gasteiger partial charge in [0.15, 0.2) is 23.5 Å². The minimum absolute atomic E-state index is 0.0499. The average Bonchev–Trinajstić information content (AvgIpc) is 2.97. The van der Waals surface area contributed by atoms with E-state index in [9.17, 15) is 34.8 Å². The van der Waals surface area contributed by atoms with E-state index < -0.39 is 63.1 Å². The fourth-order valence-corrected chi connectivity index (χ4v) is 9.21. The number of benzene rings is 1. The highest BCUT2D eigenvalue weighted by Gasteiger charge is 2.71. The topological polar surface area (TPSA) is 151 Å². The highest BCUT2D eigenvalue weighted by atomic mass is 16.7. The van der Waals surface area contributed by atoms with Crippen LogP contribution >= 0.6 is 0 Å². The maximum Gasteiger partial charge on any atom is 0.209 e. The molecule has 0 saturated heterocycles. The van der Waals surface area contributed by atoms with Crippen LogP contribution in [0.25, 0.3) is 0 Å². The van der Waals surface area contributed by atoms with Gasteiger partial charge in [-0.2, -0.15) is 0 Å². The van der Waals surface area contributed by atoms with Gasteiger partial charge >= 0.3 is 0 Å². The fraction of sp³-hybridized carbons (Fsp3) is 0.649. The minimum Gasteiger partial charge on any atom is -0.511 e. The lowest BCUT2D eigenvalue weighted by Crippen LogP contribution is -2.67. The number of phenolic OH excluding ortho intramolecular Hbond substituents is 1. The molecular formula is C37H52O9. The summed E-state index contributed by atoms with van der Waals surface area (Å²) in [6.07, 6.45) is 4.15. The van der Waals surface area contributed by atoms with E-state index in [0.717, 1.165) is 31.7 Å². The molecule has 0 aliphatic heterocycles. The smallest absolute Gasteiger partial charge is 0.209 e. The van der Waals surface area contributed by atoms with Gasteiger partial charge in [0, 0.05) is 43.0 Å². The van der Waals surface area contributed by atoms with Crippen molar-refractivity contribution in [3.8, 4) is 5.75 Å². The third-order valence-corrected chi connectivity index (χ3v) is 11.4. The minimum atomic E-state index is -2.62. The Kier molecular flexibility index (Phi) is 10.0. The third-order valence-electron chi connectivity index (χ3n) is 11.4. The van der Waals surface area contributed by atoms with Crippen LogP contribution in [0.1, 0.15) is 102 Å². The van der Waals surface area contributed by atoms with E-state index >= 15 is 0 Å². The molecule has 1 aromatic carbocycles. The first kappa shape index (κ1) is 35.8. The molecule has 0 spiro atoms. The average molecular weight is 641 g/mol. The first-order valence-corrected chi connectivity index (χ1v) is 16.6. The molecule has 9 heteroatoms. The molecule has 2 unspecified atom stereocenters. The number of aliphatic hydroxyl groups excluding tert-OH is 2. The summed E-state index contributed by atoms with van der Waals surface area (Å²) in [6.45, 7) is 12.6. The molecule has 254 valence electrons. The summed E-state index contributed by atoms with van der Waals surface area (Å²) < 4.78 is 11.1. The molecule has 3 aliphatic rings. The number of ketones is 3. The Morgan fingerprint density at radius 3 is 2.13 bits per heavy atom. The maximum atomic E-state index is 14.4. The Balaban J connectivity index is 1.91. The summed E-state index contributed by atoms with van der Waals surface area (Å²) in [7, 11) is 3.23. The Hall–Kier alpha value is -3.01. The Morgan fingerprint density at radius 2 is 1.61 bits per heavy atom. The zero-order valence-corrected chi connectivity index (χ0v) is 28.8. The number of hydrogen-bond acceptors (Lipinski definition) is 9. The van der Waals surface area contributed by atoms with Gasteiger partial charge in [0.2, 0.25) is 5.78 Å². The number of ether oxygens (including phenoxy) is 2. The molecular weight excluding hydrogens is 588 g/mol. The van der Waals surface area contributed by atoms with Crippen LogP contribution in [0.4, 0.5) is 0 Å². The standard InChI is InChI=1S/C37H52O9/c1-10-21(11-2)14-22(16-26(45-8)46-9)15-23-12-13-25(39)28-24(23)17-35(6)18-36(7)29(19(3)4)31(40)27(20(5)38)33(42)37(36,44)34(43)30(35)32(28)41/h12-13,19,21-22,26,29,39-40,43-44H,10-11,14-18H2,1-9H3/t22?,29?,35-,36-,37+/m1/s1. The van der Waals surface area contributed by atoms with Crippen molar-refractivity contribution in [1.29, 1.82) is 0 Å². The first-order valence-electron chi connectivity index (χ1n) is 16.6. The molecule has 1 aromatic rings. The molecule has 4 N–H and O–H groups in total. The van der Waals surface area contributed by atoms with Crippen LogP contribution in [0.2, 0.25) is 0 Å². The van der Waals surface area contributed by atoms with Gasteiger partial charge in [0.05, 0.1) is 5.56 Å². The van der Waals surface area contributed by atoms with Gasteiger partial charge in [-0.25, -0.2) is 0 Å². The van der Waals surface area contributed by atoms with Gasteiger partial charge in [-0.1, -0.05) is 60.5 Å². The van der Waals surface area contributed by atoms with Gasteiger partial charge in [0.25, 0.3) is 0 Å². The second kappa shape index (κ2) is 12.9. The molecule has 46 heavy (non-hydrogen) atoms. The van der Waals surface area contributed by atoms with E-state index in [-0.39, 0.29) is 41.6 Å². The first-order chi connectivity index (χ1) is 21.5. The van der Waals surface area contributed by atoms with Crippen LogP contribution in [0.5, 0.6) is 5.75 Å². The van der Waals surface area contributed by atoms with E-state index in [2.05, 4.69) is 13.8 Å². The normalized spacial score (nSPS) is 28.6. The van der Waals surface area contributed by atoms with Crippen molar-refractivity contribution in [3.05, 3.63) is 51.5 Å². The summed E-state index contributed by atoms with van der Waals surface area (Å²) in [5, 5.41) is 46.6. The van der Waals surface area contributed by atoms with Crippen molar-refractivity contribution in [2.75, 3.05) is 14.2 Å². The molecule has 0 radical (unpaired) electrons. The molecule has 0 fully saturated rings. The number of hydrogen-bond donors (Lipinski definition) is 4. The van der Waals surface area contributed by atoms with Crippen LogP contribution in [0, 0.1) is 34.5 Å². The molecule has 9 nitrogen and oxygen atoms in total. The van der Waals surface area contributed by atoms with Crippen molar-refractivity contribution >= 4 is 17.3 Å². The van der Waals surface area contributed by atoms with Crippen LogP contribution < -0.4 is 0 Å². The van der Waals surface area contributed by atoms with Gasteiger partial charge in [-0.05, 0) is 67.6 Å². The van der Waals surface area contributed by atoms with Crippen LogP contribution in [0.3, 0.4) is 0 Å². The Bertz CT molecular complexity index is 1450. The van der Waals surface area contributed by atoms with E-state index in [1.54, 1.807) is 21.1 Å². The van der Waals surface area contributed by atoms with Gasteiger partial charge in [0.1, 0.15) is 22.8 Å². The number of fused-ring (bicyclic) bond motifs is 3. The predicted molar refractivity (Wildman–Crippen MR) is 174 cm³/mol. The van der Waals surface area contributed by atoms with Crippen molar-refractivity contribution in [1.82, 2.24) is 0 Å². The highest BCUT2D eigenvalue weighted by molar-refractivity contribution is 6.25. The molecule has 0 saturated carbocycles. The fourth-order valence-electron chi connectivity index (χ4n) is 9.21. The lowest BCUT2D eigenvalue weighted by molar-refractivity contribution is -0.171. The summed E-state index contributed by atoms with van der Waals surface area (Å²) >= 11 is 0. The molecule has 0 aromatic heterocycles. The molecule has 4 rings (SSSR count). The monoisotopic (exact) mass is 640 g/mol. The number of allylic oxidation sites excluding steroid dienone is 2. The zero-order chi connectivity index (χ0) is 34.5. The number of carbonyl (C=O) groups is 3. The Labute approximate surface area is 272 Å². The van der Waals surface area contributed by atoms with E-state index in [0.29, 0.717) is 24.3 Å². The number of carbonyl (C=O) groups excluding carboxylic acids is 3. The quantitative estimate of drug-likeness (QED) is 0.152. The second-order valence-electron chi connectivity index (χ2n) is 14.7. The summed E-state index contributed by atoms with van der Waals surface area (Å²) in [5.74, 6) is -4.49. The summed E-state index contributed by atoms with van der Waals surface area (Å²) in [4.78, 5) is 40.9. The molecule has 5 atom stereocenters. The largest absolute Gasteiger partial charge is 0.511 e.